The van der Waals surface area contributed by atoms with Gasteiger partial charge in [-0.05, 0) is 40.0 Å². The summed E-state index contributed by atoms with van der Waals surface area (Å²) in [6.45, 7) is 10.8. The van der Waals surface area contributed by atoms with Crippen molar-refractivity contribution < 1.29 is 17.1 Å². The van der Waals surface area contributed by atoms with Crippen LogP contribution in [-0.4, -0.2) is 47.0 Å². The molecule has 0 N–H and O–H groups in total. The van der Waals surface area contributed by atoms with Gasteiger partial charge < -0.3 is 4.43 Å². The second-order valence-electron chi connectivity index (χ2n) is 12.4. The Kier molecular flexibility index (Phi) is 9.85. The maximum absolute atomic E-state index is 12.7. The van der Waals surface area contributed by atoms with Crippen molar-refractivity contribution >= 4 is 34.5 Å². The predicted molar refractivity (Wildman–Crippen MR) is 180 cm³/mol. The summed E-state index contributed by atoms with van der Waals surface area (Å²) in [5, 5.41) is 6.48. The molecule has 1 aliphatic rings. The Bertz CT molecular complexity index is 1590. The van der Waals surface area contributed by atoms with E-state index in [1.54, 1.807) is 24.3 Å². The first-order chi connectivity index (χ1) is 21.1. The van der Waals surface area contributed by atoms with Crippen molar-refractivity contribution in [3.8, 4) is 0 Å². The SMILES string of the molecule is Cc1ccc(S(=O)(=O)ON=C2CCN(C(CO[Si](c3ccccc3)(c3ccccc3)C(C)(C)C)c3ccccc3)CC2)cc1. The van der Waals surface area contributed by atoms with Crippen LogP contribution in [0.4, 0.5) is 0 Å². The molecule has 1 aliphatic heterocycles. The quantitative estimate of drug-likeness (QED) is 0.149. The lowest BCUT2D eigenvalue weighted by atomic mass is 10.0. The Morgan fingerprint density at radius 1 is 0.773 bits per heavy atom. The summed E-state index contributed by atoms with van der Waals surface area (Å²) >= 11 is 0. The van der Waals surface area contributed by atoms with Gasteiger partial charge in [-0.2, -0.15) is 8.42 Å². The lowest BCUT2D eigenvalue weighted by molar-refractivity contribution is 0.128. The lowest BCUT2D eigenvalue weighted by Gasteiger charge is -2.45. The molecule has 1 atom stereocenters. The Morgan fingerprint density at radius 3 is 1.77 bits per heavy atom. The molecule has 8 heteroatoms. The van der Waals surface area contributed by atoms with E-state index in [9.17, 15) is 8.42 Å². The molecule has 44 heavy (non-hydrogen) atoms. The van der Waals surface area contributed by atoms with Crippen LogP contribution in [0.1, 0.15) is 50.8 Å². The van der Waals surface area contributed by atoms with E-state index in [4.69, 9.17) is 8.71 Å². The number of aryl methyl sites for hydroxylation is 1. The van der Waals surface area contributed by atoms with E-state index < -0.39 is 18.4 Å². The number of nitrogens with zero attached hydrogens (tertiary/aromatic N) is 2. The highest BCUT2D eigenvalue weighted by Gasteiger charge is 2.50. The summed E-state index contributed by atoms with van der Waals surface area (Å²) in [6.07, 6.45) is 1.23. The van der Waals surface area contributed by atoms with E-state index in [-0.39, 0.29) is 16.0 Å². The van der Waals surface area contributed by atoms with Crippen LogP contribution in [0.5, 0.6) is 0 Å². The Balaban J connectivity index is 1.38. The average molecular weight is 627 g/mol. The number of benzene rings is 4. The number of likely N-dealkylation sites (tertiary alicyclic amines) is 1. The van der Waals surface area contributed by atoms with E-state index in [1.165, 1.54) is 15.9 Å². The normalized spacial score (nSPS) is 15.5. The van der Waals surface area contributed by atoms with Gasteiger partial charge in [0.25, 0.3) is 8.32 Å². The predicted octanol–water partition coefficient (Wildman–Crippen LogP) is 6.47. The summed E-state index contributed by atoms with van der Waals surface area (Å²) < 4.78 is 37.9. The molecule has 230 valence electrons. The fourth-order valence-corrected chi connectivity index (χ4v) is 11.4. The summed E-state index contributed by atoms with van der Waals surface area (Å²) in [4.78, 5) is 2.54. The van der Waals surface area contributed by atoms with Crippen LogP contribution < -0.4 is 10.4 Å². The van der Waals surface area contributed by atoms with Gasteiger partial charge in [-0.1, -0.05) is 135 Å². The summed E-state index contributed by atoms with van der Waals surface area (Å²) in [5.74, 6) is 0. The van der Waals surface area contributed by atoms with Crippen molar-refractivity contribution in [2.45, 2.75) is 56.5 Å². The molecule has 4 aromatic carbocycles. The molecule has 1 heterocycles. The Labute approximate surface area is 263 Å². The van der Waals surface area contributed by atoms with Crippen molar-refractivity contribution in [3.05, 3.63) is 126 Å². The molecule has 6 nitrogen and oxygen atoms in total. The van der Waals surface area contributed by atoms with E-state index in [2.05, 4.69) is 116 Å². The molecular formula is C36H42N2O4SSi. The molecule has 0 radical (unpaired) electrons. The summed E-state index contributed by atoms with van der Waals surface area (Å²) in [7, 11) is -6.69. The van der Waals surface area contributed by atoms with Crippen LogP contribution in [-0.2, 0) is 18.8 Å². The minimum absolute atomic E-state index is 0.0246. The molecule has 1 saturated heterocycles. The van der Waals surface area contributed by atoms with Gasteiger partial charge in [-0.3, -0.25) is 9.18 Å². The number of hydrogen-bond donors (Lipinski definition) is 0. The van der Waals surface area contributed by atoms with Gasteiger partial charge in [-0.25, -0.2) is 0 Å². The summed E-state index contributed by atoms with van der Waals surface area (Å²) in [5.41, 5.74) is 2.93. The zero-order valence-electron chi connectivity index (χ0n) is 26.0. The maximum Gasteiger partial charge on any atom is 0.358 e. The van der Waals surface area contributed by atoms with Crippen LogP contribution in [0, 0.1) is 6.92 Å². The van der Waals surface area contributed by atoms with E-state index in [0.29, 0.717) is 19.4 Å². The topological polar surface area (TPSA) is 68.2 Å². The van der Waals surface area contributed by atoms with Crippen LogP contribution in [0.15, 0.2) is 125 Å². The fourth-order valence-electron chi connectivity index (χ4n) is 6.09. The zero-order chi connectivity index (χ0) is 31.2. The van der Waals surface area contributed by atoms with Gasteiger partial charge in [-0.15, -0.1) is 0 Å². The van der Waals surface area contributed by atoms with E-state index >= 15 is 0 Å². The van der Waals surface area contributed by atoms with Crippen molar-refractivity contribution in [1.82, 2.24) is 4.90 Å². The molecule has 0 aliphatic carbocycles. The molecule has 0 amide bonds. The van der Waals surface area contributed by atoms with E-state index in [0.717, 1.165) is 24.4 Å². The van der Waals surface area contributed by atoms with Crippen molar-refractivity contribution in [2.24, 2.45) is 5.16 Å². The highest BCUT2D eigenvalue weighted by Crippen LogP contribution is 2.38. The van der Waals surface area contributed by atoms with Gasteiger partial charge in [0.05, 0.1) is 18.4 Å². The maximum atomic E-state index is 12.7. The van der Waals surface area contributed by atoms with Crippen LogP contribution in [0.3, 0.4) is 0 Å². The van der Waals surface area contributed by atoms with Crippen LogP contribution in [0.2, 0.25) is 5.04 Å². The zero-order valence-corrected chi connectivity index (χ0v) is 27.8. The summed E-state index contributed by atoms with van der Waals surface area (Å²) in [6, 6.07) is 38.6. The molecule has 0 bridgehead atoms. The van der Waals surface area contributed by atoms with Gasteiger partial charge >= 0.3 is 10.1 Å². The highest BCUT2D eigenvalue weighted by molar-refractivity contribution is 7.86. The molecule has 4 aromatic rings. The van der Waals surface area contributed by atoms with Gasteiger partial charge in [0.1, 0.15) is 4.90 Å². The fraction of sp³-hybridized carbons (Fsp3) is 0.306. The van der Waals surface area contributed by atoms with Gasteiger partial charge in [0.2, 0.25) is 0 Å². The third-order valence-electron chi connectivity index (χ3n) is 8.45. The van der Waals surface area contributed by atoms with Crippen LogP contribution in [0.25, 0.3) is 0 Å². The molecule has 1 unspecified atom stereocenters. The first-order valence-electron chi connectivity index (χ1n) is 15.2. The minimum atomic E-state index is -3.96. The molecule has 0 aromatic heterocycles. The Morgan fingerprint density at radius 2 is 1.27 bits per heavy atom. The number of rotatable bonds is 10. The standard InChI is InChI=1S/C36H42N2O4SSi/c1-29-20-22-32(23-21-29)43(39,40)42-37-31-24-26-38(27-25-31)35(30-14-8-5-9-15-30)28-41-44(36(2,3)4,33-16-10-6-11-17-33)34-18-12-7-13-19-34/h5-23,35H,24-28H2,1-4H3. The molecular weight excluding hydrogens is 585 g/mol. The molecule has 1 fully saturated rings. The second kappa shape index (κ2) is 13.6. The highest BCUT2D eigenvalue weighted by atomic mass is 32.2. The number of hydrogen-bond acceptors (Lipinski definition) is 6. The number of piperidine rings is 1. The third-order valence-corrected chi connectivity index (χ3v) is 14.6. The molecule has 0 saturated carbocycles. The second-order valence-corrected chi connectivity index (χ2v) is 18.3. The van der Waals surface area contributed by atoms with Crippen LogP contribution >= 0.6 is 0 Å². The lowest BCUT2D eigenvalue weighted by Crippen LogP contribution is -2.67. The first-order valence-corrected chi connectivity index (χ1v) is 18.5. The van der Waals surface area contributed by atoms with Crippen molar-refractivity contribution in [3.63, 3.8) is 0 Å². The number of oxime groups is 1. The monoisotopic (exact) mass is 626 g/mol. The Hall–Kier alpha value is -3.56. The average Bonchev–Trinajstić information content (AvgIpc) is 3.03. The molecule has 5 rings (SSSR count). The first kappa shape index (κ1) is 31.8. The minimum Gasteiger partial charge on any atom is -0.405 e. The third kappa shape index (κ3) is 7.05. The van der Waals surface area contributed by atoms with Crippen molar-refractivity contribution in [1.29, 1.82) is 0 Å². The van der Waals surface area contributed by atoms with Crippen molar-refractivity contribution in [2.75, 3.05) is 19.7 Å². The largest absolute Gasteiger partial charge is 0.405 e. The van der Waals surface area contributed by atoms with Gasteiger partial charge in [0, 0.05) is 25.9 Å². The molecule has 0 spiro atoms. The smallest absolute Gasteiger partial charge is 0.358 e. The van der Waals surface area contributed by atoms with E-state index in [1.807, 2.05) is 13.0 Å². The van der Waals surface area contributed by atoms with Gasteiger partial charge in [0.15, 0.2) is 0 Å².